The largest absolute Gasteiger partial charge is 0.480 e. The van der Waals surface area contributed by atoms with Crippen LogP contribution in [0.3, 0.4) is 0 Å². The monoisotopic (exact) mass is 316 g/mol. The Morgan fingerprint density at radius 2 is 2.00 bits per heavy atom. The average molecular weight is 316 g/mol. The second-order valence-corrected chi connectivity index (χ2v) is 6.63. The summed E-state index contributed by atoms with van der Waals surface area (Å²) >= 11 is 0. The van der Waals surface area contributed by atoms with Gasteiger partial charge in [-0.05, 0) is 19.8 Å². The molecular formula is C12H16N2O6S. The first kappa shape index (κ1) is 15.5. The smallest absolute Gasteiger partial charge is 0.322 e. The Labute approximate surface area is 121 Å². The number of furan rings is 1. The summed E-state index contributed by atoms with van der Waals surface area (Å²) in [6.45, 7) is 1.80. The van der Waals surface area contributed by atoms with Crippen LogP contribution in [0.5, 0.6) is 0 Å². The minimum atomic E-state index is -3.67. The number of carboxylic acids is 1. The van der Waals surface area contributed by atoms with Crippen LogP contribution < -0.4 is 5.32 Å². The van der Waals surface area contributed by atoms with Gasteiger partial charge in [0.1, 0.15) is 17.2 Å². The number of hydrogen-bond acceptors (Lipinski definition) is 5. The number of hydrogen-bond donors (Lipinski definition) is 2. The molecule has 0 spiro atoms. The quantitative estimate of drug-likeness (QED) is 0.800. The van der Waals surface area contributed by atoms with Gasteiger partial charge in [-0.15, -0.1) is 0 Å². The Morgan fingerprint density at radius 1 is 1.38 bits per heavy atom. The first-order valence-corrected chi connectivity index (χ1v) is 7.87. The average Bonchev–Trinajstić information content (AvgIpc) is 3.05. The van der Waals surface area contributed by atoms with E-state index in [1.165, 1.54) is 11.2 Å². The first-order valence-electron chi connectivity index (χ1n) is 6.43. The Bertz CT molecular complexity index is 657. The highest BCUT2D eigenvalue weighted by Crippen LogP contribution is 2.26. The van der Waals surface area contributed by atoms with Gasteiger partial charge < -0.3 is 14.8 Å². The Kier molecular flexibility index (Phi) is 4.33. The Morgan fingerprint density at radius 3 is 2.57 bits per heavy atom. The predicted molar refractivity (Wildman–Crippen MR) is 71.4 cm³/mol. The van der Waals surface area contributed by atoms with Crippen LogP contribution in [-0.4, -0.2) is 49.3 Å². The molecule has 1 aliphatic rings. The molecule has 8 nitrogen and oxygen atoms in total. The number of rotatable bonds is 5. The van der Waals surface area contributed by atoms with Crippen molar-refractivity contribution in [2.75, 3.05) is 19.6 Å². The van der Waals surface area contributed by atoms with Gasteiger partial charge >= 0.3 is 5.97 Å². The van der Waals surface area contributed by atoms with Gasteiger partial charge in [-0.2, -0.15) is 4.31 Å². The Balaban J connectivity index is 2.22. The summed E-state index contributed by atoms with van der Waals surface area (Å²) in [4.78, 5) is 22.0. The first-order chi connectivity index (χ1) is 9.82. The maximum absolute atomic E-state index is 12.4. The fraction of sp³-hybridized carbons (Fsp3) is 0.500. The van der Waals surface area contributed by atoms with Crippen LogP contribution in [-0.2, 0) is 14.8 Å². The summed E-state index contributed by atoms with van der Waals surface area (Å²) in [5.74, 6) is -2.06. The molecule has 2 heterocycles. The molecule has 1 aliphatic heterocycles. The summed E-state index contributed by atoms with van der Waals surface area (Å²) in [6, 6.07) is 1.14. The van der Waals surface area contributed by atoms with Crippen molar-refractivity contribution in [3.05, 3.63) is 17.6 Å². The van der Waals surface area contributed by atoms with Crippen LogP contribution in [0.15, 0.2) is 15.4 Å². The van der Waals surface area contributed by atoms with E-state index >= 15 is 0 Å². The van der Waals surface area contributed by atoms with E-state index in [1.54, 1.807) is 0 Å². The molecule has 0 unspecified atom stereocenters. The third kappa shape index (κ3) is 3.24. The van der Waals surface area contributed by atoms with E-state index in [4.69, 9.17) is 9.52 Å². The molecule has 0 saturated carbocycles. The molecule has 21 heavy (non-hydrogen) atoms. The summed E-state index contributed by atoms with van der Waals surface area (Å²) in [5.41, 5.74) is 0. The van der Waals surface area contributed by atoms with Crippen molar-refractivity contribution in [3.63, 3.8) is 0 Å². The van der Waals surface area contributed by atoms with Crippen LogP contribution in [0.2, 0.25) is 0 Å². The lowest BCUT2D eigenvalue weighted by atomic mass is 10.4. The van der Waals surface area contributed by atoms with Crippen LogP contribution in [0, 0.1) is 6.92 Å². The van der Waals surface area contributed by atoms with Crippen molar-refractivity contribution >= 4 is 21.9 Å². The zero-order valence-electron chi connectivity index (χ0n) is 11.5. The van der Waals surface area contributed by atoms with Gasteiger partial charge in [0.2, 0.25) is 10.0 Å². The molecule has 1 saturated heterocycles. The zero-order valence-corrected chi connectivity index (χ0v) is 12.3. The van der Waals surface area contributed by atoms with E-state index in [0.717, 1.165) is 18.9 Å². The van der Waals surface area contributed by atoms with Crippen molar-refractivity contribution in [2.24, 2.45) is 0 Å². The van der Waals surface area contributed by atoms with Gasteiger partial charge in [0.15, 0.2) is 5.76 Å². The molecule has 2 rings (SSSR count). The number of aryl methyl sites for hydroxylation is 1. The van der Waals surface area contributed by atoms with Gasteiger partial charge in [0.25, 0.3) is 5.91 Å². The van der Waals surface area contributed by atoms with E-state index in [9.17, 15) is 18.0 Å². The molecule has 0 atom stereocenters. The third-order valence-electron chi connectivity index (χ3n) is 3.18. The van der Waals surface area contributed by atoms with Gasteiger partial charge in [0.05, 0.1) is 0 Å². The standard InChI is InChI=1S/C12H16N2O6S/c1-8-10(21(18,19)14-4-2-3-5-14)6-9(20-8)12(17)13-7-11(15)16/h6H,2-5,7H2,1H3,(H,13,17)(H,15,16). The van der Waals surface area contributed by atoms with Crippen LogP contribution >= 0.6 is 0 Å². The minimum absolute atomic E-state index is 0.0510. The molecule has 9 heteroatoms. The molecule has 0 bridgehead atoms. The predicted octanol–water partition coefficient (Wildman–Crippen LogP) is 0.187. The molecule has 1 amide bonds. The maximum Gasteiger partial charge on any atom is 0.322 e. The van der Waals surface area contributed by atoms with Crippen molar-refractivity contribution < 1.29 is 27.5 Å². The number of carbonyl (C=O) groups is 2. The highest BCUT2D eigenvalue weighted by Gasteiger charge is 2.31. The number of nitrogens with one attached hydrogen (secondary N) is 1. The van der Waals surface area contributed by atoms with Crippen molar-refractivity contribution in [1.82, 2.24) is 9.62 Å². The second-order valence-electron chi connectivity index (χ2n) is 4.72. The highest BCUT2D eigenvalue weighted by atomic mass is 32.2. The van der Waals surface area contributed by atoms with Crippen molar-refractivity contribution in [3.8, 4) is 0 Å². The van der Waals surface area contributed by atoms with E-state index in [-0.39, 0.29) is 16.4 Å². The lowest BCUT2D eigenvalue weighted by Gasteiger charge is -2.14. The number of carboxylic acid groups (broad SMARTS) is 1. The molecular weight excluding hydrogens is 300 g/mol. The van der Waals surface area contributed by atoms with E-state index in [0.29, 0.717) is 13.1 Å². The summed E-state index contributed by atoms with van der Waals surface area (Å²) in [5, 5.41) is 10.6. The van der Waals surface area contributed by atoms with E-state index in [1.807, 2.05) is 0 Å². The number of sulfonamides is 1. The van der Waals surface area contributed by atoms with Crippen LogP contribution in [0.4, 0.5) is 0 Å². The van der Waals surface area contributed by atoms with Gasteiger partial charge in [-0.25, -0.2) is 8.42 Å². The zero-order chi connectivity index (χ0) is 15.6. The molecule has 1 aromatic heterocycles. The molecule has 0 aliphatic carbocycles. The summed E-state index contributed by atoms with van der Waals surface area (Å²) in [6.07, 6.45) is 1.62. The number of amides is 1. The normalized spacial score (nSPS) is 16.0. The number of carbonyl (C=O) groups excluding carboxylic acids is 1. The highest BCUT2D eigenvalue weighted by molar-refractivity contribution is 7.89. The Hall–Kier alpha value is -1.87. The molecule has 116 valence electrons. The van der Waals surface area contributed by atoms with E-state index < -0.39 is 28.4 Å². The fourth-order valence-corrected chi connectivity index (χ4v) is 3.82. The van der Waals surface area contributed by atoms with Crippen LogP contribution in [0.25, 0.3) is 0 Å². The number of aliphatic carboxylic acids is 1. The SMILES string of the molecule is Cc1oc(C(=O)NCC(=O)O)cc1S(=O)(=O)N1CCCC1. The summed E-state index contributed by atoms with van der Waals surface area (Å²) in [7, 11) is -3.67. The molecule has 0 aromatic carbocycles. The molecule has 0 radical (unpaired) electrons. The fourth-order valence-electron chi connectivity index (χ4n) is 2.14. The lowest BCUT2D eigenvalue weighted by molar-refractivity contribution is -0.135. The van der Waals surface area contributed by atoms with Gasteiger partial charge in [-0.1, -0.05) is 0 Å². The number of nitrogens with zero attached hydrogens (tertiary/aromatic N) is 1. The third-order valence-corrected chi connectivity index (χ3v) is 5.19. The van der Waals surface area contributed by atoms with E-state index in [2.05, 4.69) is 5.32 Å². The second kappa shape index (κ2) is 5.86. The van der Waals surface area contributed by atoms with Crippen LogP contribution in [0.1, 0.15) is 29.2 Å². The summed E-state index contributed by atoms with van der Waals surface area (Å²) < 4.78 is 31.3. The van der Waals surface area contributed by atoms with Crippen molar-refractivity contribution in [1.29, 1.82) is 0 Å². The van der Waals surface area contributed by atoms with Crippen molar-refractivity contribution in [2.45, 2.75) is 24.7 Å². The molecule has 2 N–H and O–H groups in total. The topological polar surface area (TPSA) is 117 Å². The minimum Gasteiger partial charge on any atom is -0.480 e. The molecule has 1 fully saturated rings. The molecule has 1 aromatic rings. The van der Waals surface area contributed by atoms with Gasteiger partial charge in [0, 0.05) is 19.2 Å². The maximum atomic E-state index is 12.4. The lowest BCUT2D eigenvalue weighted by Crippen LogP contribution is -2.29. The van der Waals surface area contributed by atoms with Gasteiger partial charge in [-0.3, -0.25) is 9.59 Å².